The van der Waals surface area contributed by atoms with E-state index in [-0.39, 0.29) is 0 Å². The van der Waals surface area contributed by atoms with Gasteiger partial charge in [0.15, 0.2) is 18.5 Å². The molecule has 1 fully saturated rings. The zero-order chi connectivity index (χ0) is 14.6. The van der Waals surface area contributed by atoms with Crippen LogP contribution in [0.5, 0.6) is 0 Å². The molecule has 1 aliphatic heterocycles. The summed E-state index contributed by atoms with van der Waals surface area (Å²) in [6.07, 6.45) is -3.32. The van der Waals surface area contributed by atoms with E-state index in [0.29, 0.717) is 0 Å². The van der Waals surface area contributed by atoms with Gasteiger partial charge >= 0.3 is 11.9 Å². The molecule has 1 aliphatic rings. The molecule has 110 valence electrons. The normalized spacial score (nSPS) is 34.7. The van der Waals surface area contributed by atoms with Gasteiger partial charge in [0.1, 0.15) is 6.10 Å². The third kappa shape index (κ3) is 3.89. The highest BCUT2D eigenvalue weighted by Gasteiger charge is 2.48. The van der Waals surface area contributed by atoms with E-state index in [1.807, 2.05) is 0 Å². The molecule has 0 aromatic rings. The van der Waals surface area contributed by atoms with Crippen LogP contribution in [0.4, 0.5) is 0 Å². The van der Waals surface area contributed by atoms with E-state index >= 15 is 0 Å². The molecule has 1 saturated heterocycles. The minimum Gasteiger partial charge on any atom is -0.457 e. The number of rotatable bonds is 4. The van der Waals surface area contributed by atoms with Gasteiger partial charge in [-0.2, -0.15) is 0 Å². The molecule has 7 nitrogen and oxygen atoms in total. The van der Waals surface area contributed by atoms with Gasteiger partial charge < -0.3 is 23.7 Å². The molecule has 0 radical (unpaired) electrons. The van der Waals surface area contributed by atoms with Crippen LogP contribution in [0.1, 0.15) is 20.8 Å². The second-order valence-corrected chi connectivity index (χ2v) is 4.29. The van der Waals surface area contributed by atoms with Crippen LogP contribution in [0, 0.1) is 0 Å². The SMILES string of the molecule is CO[C@H]1O[C@@H](C)[C@@H](OC(C)=O)[C@@H](OC)[C@@H]1OC(C)=O. The maximum Gasteiger partial charge on any atom is 0.303 e. The lowest BCUT2D eigenvalue weighted by molar-refractivity contribution is -0.296. The van der Waals surface area contributed by atoms with Crippen LogP contribution >= 0.6 is 0 Å². The van der Waals surface area contributed by atoms with Crippen molar-refractivity contribution in [2.24, 2.45) is 0 Å². The average molecular weight is 276 g/mol. The Morgan fingerprint density at radius 2 is 1.42 bits per heavy atom. The van der Waals surface area contributed by atoms with E-state index in [1.165, 1.54) is 28.1 Å². The van der Waals surface area contributed by atoms with Crippen molar-refractivity contribution in [1.82, 2.24) is 0 Å². The first-order valence-electron chi connectivity index (χ1n) is 5.96. The summed E-state index contributed by atoms with van der Waals surface area (Å²) >= 11 is 0. The van der Waals surface area contributed by atoms with Crippen LogP contribution in [-0.2, 0) is 33.3 Å². The summed E-state index contributed by atoms with van der Waals surface area (Å²) < 4.78 is 26.3. The lowest BCUT2D eigenvalue weighted by Crippen LogP contribution is -2.60. The summed E-state index contributed by atoms with van der Waals surface area (Å²) in [6.45, 7) is 4.30. The summed E-state index contributed by atoms with van der Waals surface area (Å²) in [7, 11) is 2.88. The summed E-state index contributed by atoms with van der Waals surface area (Å²) in [5.74, 6) is -0.950. The van der Waals surface area contributed by atoms with Crippen LogP contribution in [0.15, 0.2) is 0 Å². The quantitative estimate of drug-likeness (QED) is 0.681. The Morgan fingerprint density at radius 1 is 0.895 bits per heavy atom. The molecule has 0 aromatic heterocycles. The average Bonchev–Trinajstić information content (AvgIpc) is 2.32. The first-order chi connectivity index (χ1) is 8.90. The lowest BCUT2D eigenvalue weighted by Gasteiger charge is -2.43. The van der Waals surface area contributed by atoms with Gasteiger partial charge in [0.05, 0.1) is 6.10 Å². The fourth-order valence-electron chi connectivity index (χ4n) is 2.10. The highest BCUT2D eigenvalue weighted by Crippen LogP contribution is 2.28. The van der Waals surface area contributed by atoms with Gasteiger partial charge in [-0.05, 0) is 6.92 Å². The third-order valence-electron chi connectivity index (χ3n) is 2.84. The van der Waals surface area contributed by atoms with E-state index in [4.69, 9.17) is 23.7 Å². The smallest absolute Gasteiger partial charge is 0.303 e. The largest absolute Gasteiger partial charge is 0.457 e. The van der Waals surface area contributed by atoms with E-state index < -0.39 is 42.6 Å². The van der Waals surface area contributed by atoms with Gasteiger partial charge in [-0.1, -0.05) is 0 Å². The zero-order valence-corrected chi connectivity index (χ0v) is 11.7. The van der Waals surface area contributed by atoms with E-state index in [0.717, 1.165) is 0 Å². The van der Waals surface area contributed by atoms with Gasteiger partial charge in [-0.15, -0.1) is 0 Å². The van der Waals surface area contributed by atoms with Gasteiger partial charge in [0, 0.05) is 28.1 Å². The van der Waals surface area contributed by atoms with Crippen molar-refractivity contribution in [2.45, 2.75) is 51.5 Å². The summed E-state index contributed by atoms with van der Waals surface area (Å²) in [4.78, 5) is 22.3. The van der Waals surface area contributed by atoms with Crippen molar-refractivity contribution in [3.63, 3.8) is 0 Å². The summed E-state index contributed by atoms with van der Waals surface area (Å²) in [5.41, 5.74) is 0. The number of hydrogen-bond acceptors (Lipinski definition) is 7. The van der Waals surface area contributed by atoms with Crippen molar-refractivity contribution in [3.05, 3.63) is 0 Å². The van der Waals surface area contributed by atoms with Crippen LogP contribution < -0.4 is 0 Å². The van der Waals surface area contributed by atoms with Crippen molar-refractivity contribution in [3.8, 4) is 0 Å². The Hall–Kier alpha value is -1.18. The fourth-order valence-corrected chi connectivity index (χ4v) is 2.10. The van der Waals surface area contributed by atoms with E-state index in [9.17, 15) is 9.59 Å². The van der Waals surface area contributed by atoms with Crippen molar-refractivity contribution >= 4 is 11.9 Å². The number of esters is 2. The monoisotopic (exact) mass is 276 g/mol. The first-order valence-corrected chi connectivity index (χ1v) is 5.96. The molecule has 0 unspecified atom stereocenters. The fraction of sp³-hybridized carbons (Fsp3) is 0.833. The maximum absolute atomic E-state index is 11.1. The molecule has 1 heterocycles. The van der Waals surface area contributed by atoms with Gasteiger partial charge in [-0.25, -0.2) is 0 Å². The van der Waals surface area contributed by atoms with Crippen LogP contribution in [0.25, 0.3) is 0 Å². The third-order valence-corrected chi connectivity index (χ3v) is 2.84. The number of carbonyl (C=O) groups excluding carboxylic acids is 2. The van der Waals surface area contributed by atoms with Crippen LogP contribution in [-0.4, -0.2) is 56.9 Å². The predicted octanol–water partition coefficient (Wildman–Crippen LogP) is 0.256. The Balaban J connectivity index is 2.94. The minimum atomic E-state index is -0.798. The molecule has 5 atom stereocenters. The first kappa shape index (κ1) is 15.9. The van der Waals surface area contributed by atoms with Crippen molar-refractivity contribution in [2.75, 3.05) is 14.2 Å². The zero-order valence-electron chi connectivity index (χ0n) is 11.7. The number of methoxy groups -OCH3 is 2. The molecule has 0 bridgehead atoms. The number of ether oxygens (including phenoxy) is 5. The summed E-state index contributed by atoms with van der Waals surface area (Å²) in [6, 6.07) is 0. The van der Waals surface area contributed by atoms with Crippen LogP contribution in [0.2, 0.25) is 0 Å². The Kier molecular flexibility index (Phi) is 5.71. The molecule has 0 aromatic carbocycles. The minimum absolute atomic E-state index is 0.439. The molecule has 1 rings (SSSR count). The van der Waals surface area contributed by atoms with Crippen molar-refractivity contribution < 1.29 is 33.3 Å². The lowest BCUT2D eigenvalue weighted by atomic mass is 9.99. The highest BCUT2D eigenvalue weighted by atomic mass is 16.7. The molecular formula is C12H20O7. The Morgan fingerprint density at radius 3 is 1.84 bits per heavy atom. The molecule has 0 N–H and O–H groups in total. The van der Waals surface area contributed by atoms with Crippen molar-refractivity contribution in [1.29, 1.82) is 0 Å². The topological polar surface area (TPSA) is 80.3 Å². The molecule has 0 aliphatic carbocycles. The number of carbonyl (C=O) groups is 2. The second kappa shape index (κ2) is 6.83. The molecule has 0 spiro atoms. The molecule has 0 amide bonds. The maximum atomic E-state index is 11.1. The van der Waals surface area contributed by atoms with Crippen LogP contribution in [0.3, 0.4) is 0 Å². The molecule has 0 saturated carbocycles. The number of hydrogen-bond donors (Lipinski definition) is 0. The Labute approximate surface area is 112 Å². The van der Waals surface area contributed by atoms with Gasteiger partial charge in [-0.3, -0.25) is 9.59 Å². The Bertz CT molecular complexity index is 330. The standard InChI is InChI=1S/C12H20O7/c1-6-9(18-7(2)13)10(15-4)11(19-8(3)14)12(16-5)17-6/h6,9-12H,1-5H3/t6-,9+,10+,11-,12-/m0/s1. The molecule has 19 heavy (non-hydrogen) atoms. The van der Waals surface area contributed by atoms with Gasteiger partial charge in [0.25, 0.3) is 0 Å². The summed E-state index contributed by atoms with van der Waals surface area (Å²) in [5, 5.41) is 0. The van der Waals surface area contributed by atoms with E-state index in [2.05, 4.69) is 0 Å². The second-order valence-electron chi connectivity index (χ2n) is 4.29. The molecule has 7 heteroatoms. The van der Waals surface area contributed by atoms with Gasteiger partial charge in [0.2, 0.25) is 0 Å². The highest BCUT2D eigenvalue weighted by molar-refractivity contribution is 5.67. The molecular weight excluding hydrogens is 256 g/mol. The predicted molar refractivity (Wildman–Crippen MR) is 63.2 cm³/mol. The van der Waals surface area contributed by atoms with E-state index in [1.54, 1.807) is 6.92 Å².